The van der Waals surface area contributed by atoms with Crippen LogP contribution < -0.4 is 14.4 Å². The van der Waals surface area contributed by atoms with Gasteiger partial charge in [-0.15, -0.1) is 0 Å². The van der Waals surface area contributed by atoms with E-state index in [1.165, 1.54) is 6.08 Å². The fourth-order valence-corrected chi connectivity index (χ4v) is 5.20. The van der Waals surface area contributed by atoms with Gasteiger partial charge in [0.25, 0.3) is 0 Å². The molecule has 0 N–H and O–H groups in total. The highest BCUT2D eigenvalue weighted by molar-refractivity contribution is 9.10. The summed E-state index contributed by atoms with van der Waals surface area (Å²) in [5, 5.41) is 10.2. The third-order valence-electron chi connectivity index (χ3n) is 6.66. The fraction of sp³-hybridized carbons (Fsp3) is 0.462. The molecule has 1 aromatic carbocycles. The number of halogens is 1. The molecular weight excluding hydrogens is 524 g/mol. The van der Waals surface area contributed by atoms with Crippen LogP contribution in [-0.4, -0.2) is 77.6 Å². The molecule has 2 aliphatic rings. The van der Waals surface area contributed by atoms with E-state index in [4.69, 9.17) is 19.4 Å². The van der Waals surface area contributed by atoms with Crippen molar-refractivity contribution >= 4 is 38.6 Å². The summed E-state index contributed by atoms with van der Waals surface area (Å²) in [7, 11) is 2.11. The van der Waals surface area contributed by atoms with Crippen LogP contribution in [0.4, 0.5) is 5.82 Å². The number of ether oxygens (including phenoxy) is 2. The standard InChI is InChI=1S/C26H31BrN6O3/c1-4-13-35-22-15-18(27)14-21-24(22)25(30-26(29-21)36-17-20-7-6-10-31(20)3)32-11-12-33(23(34)5-2)19(16-32)8-9-28/h4-5,13-15,19-20H,2,6-8,10-12,16-17H2,1,3H3/b13-4-/t19-,20-/m0/s1. The van der Waals surface area contributed by atoms with Crippen molar-refractivity contribution in [2.75, 3.05) is 44.7 Å². The van der Waals surface area contributed by atoms with Crippen LogP contribution in [0.1, 0.15) is 26.2 Å². The second-order valence-electron chi connectivity index (χ2n) is 9.00. The first kappa shape index (κ1) is 25.9. The Morgan fingerprint density at radius 3 is 2.83 bits per heavy atom. The molecule has 0 radical (unpaired) electrons. The molecule has 3 heterocycles. The van der Waals surface area contributed by atoms with Gasteiger partial charge in [0.1, 0.15) is 18.2 Å². The van der Waals surface area contributed by atoms with E-state index in [1.54, 1.807) is 11.2 Å². The maximum Gasteiger partial charge on any atom is 0.319 e. The smallest absolute Gasteiger partial charge is 0.319 e. The van der Waals surface area contributed by atoms with Crippen LogP contribution in [0.5, 0.6) is 11.8 Å². The highest BCUT2D eigenvalue weighted by Gasteiger charge is 2.32. The van der Waals surface area contributed by atoms with Gasteiger partial charge >= 0.3 is 6.01 Å². The van der Waals surface area contributed by atoms with Gasteiger partial charge in [-0.1, -0.05) is 28.6 Å². The Bertz CT molecular complexity index is 1200. The molecule has 10 heteroatoms. The topological polar surface area (TPSA) is 94.8 Å². The van der Waals surface area contributed by atoms with Crippen molar-refractivity contribution < 1.29 is 14.3 Å². The summed E-state index contributed by atoms with van der Waals surface area (Å²) in [4.78, 5) is 28.1. The highest BCUT2D eigenvalue weighted by Crippen LogP contribution is 2.38. The summed E-state index contributed by atoms with van der Waals surface area (Å²) in [6.07, 6.45) is 7.17. The first-order chi connectivity index (χ1) is 17.4. The molecule has 2 aromatic rings. The number of hydrogen-bond acceptors (Lipinski definition) is 8. The van der Waals surface area contributed by atoms with E-state index in [1.807, 2.05) is 25.1 Å². The molecule has 2 atom stereocenters. The van der Waals surface area contributed by atoms with Crippen molar-refractivity contribution in [1.82, 2.24) is 19.8 Å². The number of anilines is 1. The molecule has 36 heavy (non-hydrogen) atoms. The SMILES string of the molecule is C=CC(=O)N1CCN(c2nc(OC[C@@H]3CCCN3C)nc3cc(Br)cc(O/C=C\C)c23)C[C@@H]1CC#N. The second-order valence-corrected chi connectivity index (χ2v) is 9.92. The number of rotatable bonds is 8. The van der Waals surface area contributed by atoms with Gasteiger partial charge in [-0.3, -0.25) is 4.79 Å². The number of likely N-dealkylation sites (N-methyl/N-ethyl adjacent to an activating group) is 1. The van der Waals surface area contributed by atoms with Crippen molar-refractivity contribution in [3.05, 3.63) is 41.6 Å². The zero-order valence-corrected chi connectivity index (χ0v) is 22.3. The van der Waals surface area contributed by atoms with Crippen LogP contribution in [0.3, 0.4) is 0 Å². The zero-order valence-electron chi connectivity index (χ0n) is 20.7. The van der Waals surface area contributed by atoms with E-state index in [2.05, 4.69) is 45.4 Å². The molecule has 2 fully saturated rings. The number of aromatic nitrogens is 2. The number of fused-ring (bicyclic) bond motifs is 1. The van der Waals surface area contributed by atoms with Crippen LogP contribution in [0, 0.1) is 11.3 Å². The van der Waals surface area contributed by atoms with Gasteiger partial charge in [0.2, 0.25) is 5.91 Å². The Morgan fingerprint density at radius 1 is 1.31 bits per heavy atom. The molecule has 0 saturated carbocycles. The molecule has 0 aliphatic carbocycles. The summed E-state index contributed by atoms with van der Waals surface area (Å²) >= 11 is 3.57. The third-order valence-corrected chi connectivity index (χ3v) is 7.12. The predicted octanol–water partition coefficient (Wildman–Crippen LogP) is 3.89. The Hall–Kier alpha value is -3.16. The Labute approximate surface area is 220 Å². The lowest BCUT2D eigenvalue weighted by Gasteiger charge is -2.41. The average Bonchev–Trinajstić information content (AvgIpc) is 3.29. The van der Waals surface area contributed by atoms with E-state index < -0.39 is 0 Å². The summed E-state index contributed by atoms with van der Waals surface area (Å²) in [6.45, 7) is 8.50. The minimum atomic E-state index is -0.286. The number of nitriles is 1. The average molecular weight is 555 g/mol. The van der Waals surface area contributed by atoms with E-state index in [0.717, 1.165) is 29.2 Å². The largest absolute Gasteiger partial charge is 0.464 e. The first-order valence-electron chi connectivity index (χ1n) is 12.1. The molecule has 2 aliphatic heterocycles. The Kier molecular flexibility index (Phi) is 8.44. The third kappa shape index (κ3) is 5.63. The van der Waals surface area contributed by atoms with Crippen LogP contribution in [0.2, 0.25) is 0 Å². The number of carbonyl (C=O) groups is 1. The summed E-state index contributed by atoms with van der Waals surface area (Å²) in [5.41, 5.74) is 0.685. The van der Waals surface area contributed by atoms with Crippen molar-refractivity contribution in [2.24, 2.45) is 0 Å². The molecule has 2 saturated heterocycles. The van der Waals surface area contributed by atoms with Crippen molar-refractivity contribution in [3.63, 3.8) is 0 Å². The molecule has 4 rings (SSSR count). The van der Waals surface area contributed by atoms with Gasteiger partial charge in [-0.2, -0.15) is 15.2 Å². The van der Waals surface area contributed by atoms with E-state index in [9.17, 15) is 10.1 Å². The minimum Gasteiger partial charge on any atom is -0.464 e. The number of nitrogens with zero attached hydrogens (tertiary/aromatic N) is 6. The Balaban J connectivity index is 1.74. The molecule has 0 bridgehead atoms. The van der Waals surface area contributed by atoms with Gasteiger partial charge < -0.3 is 24.2 Å². The Morgan fingerprint density at radius 2 is 2.14 bits per heavy atom. The van der Waals surface area contributed by atoms with E-state index in [0.29, 0.717) is 55.4 Å². The van der Waals surface area contributed by atoms with Crippen molar-refractivity contribution in [1.29, 1.82) is 5.26 Å². The summed E-state index contributed by atoms with van der Waals surface area (Å²) in [5.74, 6) is 1.10. The number of carbonyl (C=O) groups excluding carboxylic acids is 1. The molecule has 0 unspecified atom stereocenters. The minimum absolute atomic E-state index is 0.173. The molecule has 9 nitrogen and oxygen atoms in total. The monoisotopic (exact) mass is 554 g/mol. The molecular formula is C26H31BrN6O3. The lowest BCUT2D eigenvalue weighted by molar-refractivity contribution is -0.128. The van der Waals surface area contributed by atoms with Gasteiger partial charge in [0, 0.05) is 30.1 Å². The highest BCUT2D eigenvalue weighted by atomic mass is 79.9. The van der Waals surface area contributed by atoms with Gasteiger partial charge in [-0.05, 0) is 51.6 Å². The normalized spacial score (nSPS) is 20.6. The maximum absolute atomic E-state index is 12.4. The van der Waals surface area contributed by atoms with E-state index >= 15 is 0 Å². The second kappa shape index (κ2) is 11.7. The van der Waals surface area contributed by atoms with Crippen LogP contribution >= 0.6 is 15.9 Å². The zero-order chi connectivity index (χ0) is 25.7. The number of piperazine rings is 1. The number of likely N-dealkylation sites (tertiary alicyclic amines) is 1. The summed E-state index contributed by atoms with van der Waals surface area (Å²) < 4.78 is 12.9. The van der Waals surface area contributed by atoms with Crippen LogP contribution in [0.25, 0.3) is 10.9 Å². The molecule has 0 spiro atoms. The lowest BCUT2D eigenvalue weighted by Crippen LogP contribution is -2.55. The van der Waals surface area contributed by atoms with Gasteiger partial charge in [0.15, 0.2) is 0 Å². The molecule has 190 valence electrons. The van der Waals surface area contributed by atoms with Crippen molar-refractivity contribution in [3.8, 4) is 17.8 Å². The number of amides is 1. The van der Waals surface area contributed by atoms with Gasteiger partial charge in [0.05, 0.1) is 35.7 Å². The van der Waals surface area contributed by atoms with E-state index in [-0.39, 0.29) is 18.4 Å². The molecule has 1 amide bonds. The molecule has 1 aromatic heterocycles. The number of hydrogen-bond donors (Lipinski definition) is 0. The first-order valence-corrected chi connectivity index (χ1v) is 12.9. The maximum atomic E-state index is 12.4. The summed E-state index contributed by atoms with van der Waals surface area (Å²) in [6, 6.07) is 6.36. The lowest BCUT2D eigenvalue weighted by atomic mass is 10.1. The predicted molar refractivity (Wildman–Crippen MR) is 142 cm³/mol. The van der Waals surface area contributed by atoms with Gasteiger partial charge in [-0.25, -0.2) is 0 Å². The number of benzene rings is 1. The van der Waals surface area contributed by atoms with Crippen LogP contribution in [-0.2, 0) is 4.79 Å². The quantitative estimate of drug-likeness (QED) is 0.358. The fourth-order valence-electron chi connectivity index (χ4n) is 4.78. The van der Waals surface area contributed by atoms with Crippen LogP contribution in [0.15, 0.2) is 41.6 Å². The number of allylic oxidation sites excluding steroid dienone is 1. The van der Waals surface area contributed by atoms with Crippen molar-refractivity contribution in [2.45, 2.75) is 38.3 Å².